The molecule has 1 aliphatic heterocycles. The molecule has 1 aromatic rings. The first kappa shape index (κ1) is 13.2. The SMILES string of the molecule is CCCC1(Cc2ccc(Cl)c(Cl)c2)CCCN1. The van der Waals surface area contributed by atoms with Crippen LogP contribution in [0, 0.1) is 0 Å². The van der Waals surface area contributed by atoms with E-state index < -0.39 is 0 Å². The zero-order chi connectivity index (χ0) is 12.3. The van der Waals surface area contributed by atoms with E-state index in [2.05, 4.69) is 18.3 Å². The van der Waals surface area contributed by atoms with Crippen molar-refractivity contribution in [2.24, 2.45) is 0 Å². The molecule has 0 saturated carbocycles. The van der Waals surface area contributed by atoms with Gasteiger partial charge in [0.25, 0.3) is 0 Å². The van der Waals surface area contributed by atoms with Crippen LogP contribution >= 0.6 is 23.2 Å². The van der Waals surface area contributed by atoms with Crippen molar-refractivity contribution in [1.82, 2.24) is 5.32 Å². The summed E-state index contributed by atoms with van der Waals surface area (Å²) in [6.07, 6.45) is 6.04. The zero-order valence-electron chi connectivity index (χ0n) is 10.2. The number of rotatable bonds is 4. The lowest BCUT2D eigenvalue weighted by Gasteiger charge is -2.29. The van der Waals surface area contributed by atoms with Gasteiger partial charge in [-0.15, -0.1) is 0 Å². The van der Waals surface area contributed by atoms with Crippen molar-refractivity contribution in [3.8, 4) is 0 Å². The molecule has 1 unspecified atom stereocenters. The molecule has 0 aliphatic carbocycles. The van der Waals surface area contributed by atoms with Gasteiger partial charge in [0.1, 0.15) is 0 Å². The monoisotopic (exact) mass is 271 g/mol. The first-order valence-electron chi connectivity index (χ1n) is 6.34. The van der Waals surface area contributed by atoms with Gasteiger partial charge in [0.2, 0.25) is 0 Å². The maximum Gasteiger partial charge on any atom is 0.0595 e. The van der Waals surface area contributed by atoms with Crippen LogP contribution in [-0.4, -0.2) is 12.1 Å². The van der Waals surface area contributed by atoms with Crippen LogP contribution in [0.2, 0.25) is 10.0 Å². The predicted molar refractivity (Wildman–Crippen MR) is 75.0 cm³/mol. The Bertz CT molecular complexity index is 384. The fourth-order valence-electron chi connectivity index (χ4n) is 2.84. The van der Waals surface area contributed by atoms with Crippen LogP contribution in [0.15, 0.2) is 18.2 Å². The van der Waals surface area contributed by atoms with E-state index in [1.165, 1.54) is 31.2 Å². The van der Waals surface area contributed by atoms with Crippen molar-refractivity contribution in [2.45, 2.75) is 44.6 Å². The molecule has 0 amide bonds. The van der Waals surface area contributed by atoms with Crippen molar-refractivity contribution in [1.29, 1.82) is 0 Å². The molecule has 1 aromatic carbocycles. The second kappa shape index (κ2) is 5.60. The Kier molecular flexibility index (Phi) is 4.35. The quantitative estimate of drug-likeness (QED) is 0.853. The van der Waals surface area contributed by atoms with Crippen molar-refractivity contribution >= 4 is 23.2 Å². The van der Waals surface area contributed by atoms with Gasteiger partial charge in [-0.1, -0.05) is 42.6 Å². The lowest BCUT2D eigenvalue weighted by molar-refractivity contribution is 0.342. The summed E-state index contributed by atoms with van der Waals surface area (Å²) in [4.78, 5) is 0. The zero-order valence-corrected chi connectivity index (χ0v) is 11.7. The largest absolute Gasteiger partial charge is 0.311 e. The first-order chi connectivity index (χ1) is 8.15. The van der Waals surface area contributed by atoms with Crippen LogP contribution in [0.3, 0.4) is 0 Å². The fraction of sp³-hybridized carbons (Fsp3) is 0.571. The summed E-state index contributed by atoms with van der Waals surface area (Å²) in [5.74, 6) is 0. The minimum atomic E-state index is 0.284. The topological polar surface area (TPSA) is 12.0 Å². The average Bonchev–Trinajstić information content (AvgIpc) is 2.73. The van der Waals surface area contributed by atoms with E-state index in [4.69, 9.17) is 23.2 Å². The highest BCUT2D eigenvalue weighted by Crippen LogP contribution is 2.31. The lowest BCUT2D eigenvalue weighted by atomic mass is 9.85. The van der Waals surface area contributed by atoms with Gasteiger partial charge in [0.15, 0.2) is 0 Å². The van der Waals surface area contributed by atoms with Crippen LogP contribution in [-0.2, 0) is 6.42 Å². The van der Waals surface area contributed by atoms with E-state index in [0.29, 0.717) is 10.0 Å². The van der Waals surface area contributed by atoms with Gasteiger partial charge in [-0.05, 0) is 49.9 Å². The van der Waals surface area contributed by atoms with Gasteiger partial charge in [0.05, 0.1) is 10.0 Å². The number of halogens is 2. The number of benzene rings is 1. The van der Waals surface area contributed by atoms with Gasteiger partial charge < -0.3 is 5.32 Å². The molecule has 0 spiro atoms. The maximum atomic E-state index is 6.07. The smallest absolute Gasteiger partial charge is 0.0595 e. The van der Waals surface area contributed by atoms with Crippen LogP contribution in [0.5, 0.6) is 0 Å². The fourth-order valence-corrected chi connectivity index (χ4v) is 3.16. The van der Waals surface area contributed by atoms with Crippen molar-refractivity contribution < 1.29 is 0 Å². The third-order valence-electron chi connectivity index (χ3n) is 3.59. The number of hydrogen-bond donors (Lipinski definition) is 1. The van der Waals surface area contributed by atoms with Crippen LogP contribution in [0.25, 0.3) is 0 Å². The Morgan fingerprint density at radius 1 is 1.29 bits per heavy atom. The molecule has 0 bridgehead atoms. The minimum Gasteiger partial charge on any atom is -0.311 e. The Morgan fingerprint density at radius 3 is 2.71 bits per heavy atom. The Hall–Kier alpha value is -0.240. The van der Waals surface area contributed by atoms with Crippen molar-refractivity contribution in [3.63, 3.8) is 0 Å². The number of hydrogen-bond acceptors (Lipinski definition) is 1. The summed E-state index contributed by atoms with van der Waals surface area (Å²) in [5.41, 5.74) is 1.56. The van der Waals surface area contributed by atoms with Crippen LogP contribution < -0.4 is 5.32 Å². The molecule has 94 valence electrons. The Morgan fingerprint density at radius 2 is 2.12 bits per heavy atom. The summed E-state index contributed by atoms with van der Waals surface area (Å²) in [5, 5.41) is 4.98. The van der Waals surface area contributed by atoms with Gasteiger partial charge in [-0.25, -0.2) is 0 Å². The normalized spacial score (nSPS) is 24.2. The molecule has 1 heterocycles. The van der Waals surface area contributed by atoms with Crippen molar-refractivity contribution in [3.05, 3.63) is 33.8 Å². The molecule has 1 fully saturated rings. The molecule has 1 atom stereocenters. The van der Waals surface area contributed by atoms with Gasteiger partial charge >= 0.3 is 0 Å². The second-order valence-corrected chi connectivity index (χ2v) is 5.80. The maximum absolute atomic E-state index is 6.07. The molecule has 0 radical (unpaired) electrons. The molecule has 0 aromatic heterocycles. The van der Waals surface area contributed by atoms with Gasteiger partial charge in [-0.2, -0.15) is 0 Å². The highest BCUT2D eigenvalue weighted by Gasteiger charge is 2.32. The first-order valence-corrected chi connectivity index (χ1v) is 7.10. The third kappa shape index (κ3) is 3.15. The molecular weight excluding hydrogens is 253 g/mol. The summed E-state index contributed by atoms with van der Waals surface area (Å²) in [6, 6.07) is 5.99. The minimum absolute atomic E-state index is 0.284. The molecule has 1 saturated heterocycles. The lowest BCUT2D eigenvalue weighted by Crippen LogP contribution is -2.41. The van der Waals surface area contributed by atoms with Gasteiger partial charge in [-0.3, -0.25) is 0 Å². The van der Waals surface area contributed by atoms with E-state index in [0.717, 1.165) is 13.0 Å². The molecule has 1 nitrogen and oxygen atoms in total. The number of nitrogens with one attached hydrogen (secondary N) is 1. The van der Waals surface area contributed by atoms with Crippen molar-refractivity contribution in [2.75, 3.05) is 6.54 Å². The molecule has 17 heavy (non-hydrogen) atoms. The molecule has 2 rings (SSSR count). The van der Waals surface area contributed by atoms with E-state index in [-0.39, 0.29) is 5.54 Å². The average molecular weight is 272 g/mol. The standard InChI is InChI=1S/C14H19Cl2N/c1-2-6-14(7-3-8-17-14)10-11-4-5-12(15)13(16)9-11/h4-5,9,17H,2-3,6-8,10H2,1H3. The summed E-state index contributed by atoms with van der Waals surface area (Å²) in [6.45, 7) is 3.39. The molecule has 3 heteroatoms. The van der Waals surface area contributed by atoms with Gasteiger partial charge in [0, 0.05) is 5.54 Å². The second-order valence-electron chi connectivity index (χ2n) is 4.99. The highest BCUT2D eigenvalue weighted by atomic mass is 35.5. The van der Waals surface area contributed by atoms with E-state index >= 15 is 0 Å². The molecule has 1 N–H and O–H groups in total. The third-order valence-corrected chi connectivity index (χ3v) is 4.33. The van der Waals surface area contributed by atoms with E-state index in [1.807, 2.05) is 12.1 Å². The molecular formula is C14H19Cl2N. The van der Waals surface area contributed by atoms with E-state index in [1.54, 1.807) is 0 Å². The Balaban J connectivity index is 2.14. The van der Waals surface area contributed by atoms with Crippen LogP contribution in [0.1, 0.15) is 38.2 Å². The summed E-state index contributed by atoms with van der Waals surface area (Å²) in [7, 11) is 0. The van der Waals surface area contributed by atoms with E-state index in [9.17, 15) is 0 Å². The van der Waals surface area contributed by atoms with Crippen LogP contribution in [0.4, 0.5) is 0 Å². The Labute approximate surface area is 114 Å². The predicted octanol–water partition coefficient (Wildman–Crippen LogP) is 4.46. The molecule has 1 aliphatic rings. The summed E-state index contributed by atoms with van der Waals surface area (Å²) < 4.78 is 0. The summed E-state index contributed by atoms with van der Waals surface area (Å²) >= 11 is 12.0. The highest BCUT2D eigenvalue weighted by molar-refractivity contribution is 6.42.